The third-order valence-electron chi connectivity index (χ3n) is 2.64. The number of hydrogen-bond acceptors (Lipinski definition) is 2. The minimum Gasteiger partial charge on any atom is -0.489 e. The third kappa shape index (κ3) is 3.44. The first-order chi connectivity index (χ1) is 8.65. The molecular weight excluding hydrogens is 244 g/mol. The lowest BCUT2D eigenvalue weighted by atomic mass is 10.1. The molecule has 0 spiro atoms. The Bertz CT molecular complexity index is 547. The predicted molar refractivity (Wildman–Crippen MR) is 74.3 cm³/mol. The molecule has 2 nitrogen and oxygen atoms in total. The maximum atomic E-state index is 11.2. The van der Waals surface area contributed by atoms with Crippen molar-refractivity contribution >= 4 is 10.8 Å². The molecule has 1 atom stereocenters. The zero-order valence-corrected chi connectivity index (χ0v) is 11.4. The molecule has 0 aromatic heterocycles. The van der Waals surface area contributed by atoms with Gasteiger partial charge in [0.05, 0.1) is 0 Å². The molecule has 0 saturated carbocycles. The standard InChI is InChI=1S/C15H16O2S/c1-12-4-3-5-13(10-12)11-17-14-6-8-15(9-7-14)18(2)16/h3-10H,11H2,1-2H3. The van der Waals surface area contributed by atoms with Crippen LogP contribution in [0.4, 0.5) is 0 Å². The van der Waals surface area contributed by atoms with Gasteiger partial charge in [0, 0.05) is 22.0 Å². The van der Waals surface area contributed by atoms with E-state index in [0.29, 0.717) is 6.61 Å². The van der Waals surface area contributed by atoms with Gasteiger partial charge in [0.2, 0.25) is 0 Å². The molecule has 0 fully saturated rings. The first-order valence-corrected chi connectivity index (χ1v) is 7.33. The number of benzene rings is 2. The van der Waals surface area contributed by atoms with Gasteiger partial charge in [0.25, 0.3) is 0 Å². The van der Waals surface area contributed by atoms with Crippen LogP contribution < -0.4 is 4.74 Å². The van der Waals surface area contributed by atoms with Crippen LogP contribution in [0.25, 0.3) is 0 Å². The second kappa shape index (κ2) is 5.83. The molecule has 1 unspecified atom stereocenters. The molecule has 18 heavy (non-hydrogen) atoms. The van der Waals surface area contributed by atoms with Crippen molar-refractivity contribution in [1.29, 1.82) is 0 Å². The Kier molecular flexibility index (Phi) is 4.15. The lowest BCUT2D eigenvalue weighted by Gasteiger charge is -2.07. The largest absolute Gasteiger partial charge is 0.489 e. The van der Waals surface area contributed by atoms with Crippen molar-refractivity contribution in [3.63, 3.8) is 0 Å². The van der Waals surface area contributed by atoms with E-state index < -0.39 is 10.8 Å². The SMILES string of the molecule is Cc1cccc(COc2ccc(S(C)=O)cc2)c1. The van der Waals surface area contributed by atoms with Gasteiger partial charge in [0.15, 0.2) is 0 Å². The van der Waals surface area contributed by atoms with E-state index in [1.54, 1.807) is 6.26 Å². The van der Waals surface area contributed by atoms with Crippen molar-refractivity contribution in [3.8, 4) is 5.75 Å². The molecule has 0 heterocycles. The monoisotopic (exact) mass is 260 g/mol. The molecule has 94 valence electrons. The molecule has 0 saturated heterocycles. The average Bonchev–Trinajstić information content (AvgIpc) is 2.37. The van der Waals surface area contributed by atoms with Crippen LogP contribution in [0, 0.1) is 6.92 Å². The van der Waals surface area contributed by atoms with Crippen LogP contribution in [0.3, 0.4) is 0 Å². The Hall–Kier alpha value is -1.61. The molecule has 0 aliphatic carbocycles. The molecule has 2 aromatic rings. The fraction of sp³-hybridized carbons (Fsp3) is 0.200. The van der Waals surface area contributed by atoms with E-state index in [0.717, 1.165) is 16.2 Å². The summed E-state index contributed by atoms with van der Waals surface area (Å²) in [4.78, 5) is 0.818. The van der Waals surface area contributed by atoms with Gasteiger partial charge < -0.3 is 4.74 Å². The fourth-order valence-corrected chi connectivity index (χ4v) is 2.22. The van der Waals surface area contributed by atoms with Crippen LogP contribution >= 0.6 is 0 Å². The first kappa shape index (κ1) is 12.8. The van der Waals surface area contributed by atoms with Crippen LogP contribution in [-0.2, 0) is 17.4 Å². The van der Waals surface area contributed by atoms with Crippen molar-refractivity contribution in [2.24, 2.45) is 0 Å². The molecule has 0 amide bonds. The Morgan fingerprint density at radius 1 is 1.11 bits per heavy atom. The van der Waals surface area contributed by atoms with E-state index in [9.17, 15) is 4.21 Å². The highest BCUT2D eigenvalue weighted by Crippen LogP contribution is 2.16. The van der Waals surface area contributed by atoms with Gasteiger partial charge in [0.1, 0.15) is 12.4 Å². The summed E-state index contributed by atoms with van der Waals surface area (Å²) in [5.74, 6) is 0.797. The van der Waals surface area contributed by atoms with E-state index in [1.165, 1.54) is 5.56 Å². The van der Waals surface area contributed by atoms with Gasteiger partial charge in [-0.1, -0.05) is 29.8 Å². The number of aryl methyl sites for hydroxylation is 1. The van der Waals surface area contributed by atoms with Crippen molar-refractivity contribution in [2.45, 2.75) is 18.4 Å². The molecule has 0 radical (unpaired) electrons. The summed E-state index contributed by atoms with van der Waals surface area (Å²) in [5.41, 5.74) is 2.38. The summed E-state index contributed by atoms with van der Waals surface area (Å²) in [6.45, 7) is 2.62. The van der Waals surface area contributed by atoms with Crippen LogP contribution in [0.2, 0.25) is 0 Å². The van der Waals surface area contributed by atoms with Crippen molar-refractivity contribution in [1.82, 2.24) is 0 Å². The number of hydrogen-bond donors (Lipinski definition) is 0. The quantitative estimate of drug-likeness (QED) is 0.843. The van der Waals surface area contributed by atoms with Gasteiger partial charge in [-0.2, -0.15) is 0 Å². The minimum atomic E-state index is -0.936. The third-order valence-corrected chi connectivity index (χ3v) is 3.58. The summed E-state index contributed by atoms with van der Waals surface area (Å²) in [5, 5.41) is 0. The van der Waals surface area contributed by atoms with Crippen molar-refractivity contribution in [2.75, 3.05) is 6.26 Å². The lowest BCUT2D eigenvalue weighted by Crippen LogP contribution is -1.96. The van der Waals surface area contributed by atoms with Gasteiger partial charge in [-0.3, -0.25) is 4.21 Å². The highest BCUT2D eigenvalue weighted by Gasteiger charge is 1.99. The average molecular weight is 260 g/mol. The van der Waals surface area contributed by atoms with Crippen molar-refractivity contribution in [3.05, 3.63) is 59.7 Å². The van der Waals surface area contributed by atoms with Crippen LogP contribution in [0.15, 0.2) is 53.4 Å². The summed E-state index contributed by atoms with van der Waals surface area (Å²) in [7, 11) is -0.936. The Labute approximate surface area is 110 Å². The zero-order valence-electron chi connectivity index (χ0n) is 10.6. The molecule has 0 N–H and O–H groups in total. The predicted octanol–water partition coefficient (Wildman–Crippen LogP) is 3.31. The normalized spacial score (nSPS) is 12.1. The van der Waals surface area contributed by atoms with Gasteiger partial charge in [-0.15, -0.1) is 0 Å². The number of rotatable bonds is 4. The molecular formula is C15H16O2S. The van der Waals surface area contributed by atoms with Crippen molar-refractivity contribution < 1.29 is 8.95 Å². The maximum Gasteiger partial charge on any atom is 0.119 e. The Morgan fingerprint density at radius 2 is 1.83 bits per heavy atom. The maximum absolute atomic E-state index is 11.2. The molecule has 0 aliphatic rings. The summed E-state index contributed by atoms with van der Waals surface area (Å²) < 4.78 is 16.9. The van der Waals surface area contributed by atoms with Crippen LogP contribution in [-0.4, -0.2) is 10.5 Å². The fourth-order valence-electron chi connectivity index (χ4n) is 1.70. The van der Waals surface area contributed by atoms with Crippen LogP contribution in [0.5, 0.6) is 5.75 Å². The van der Waals surface area contributed by atoms with Gasteiger partial charge in [-0.25, -0.2) is 0 Å². The van der Waals surface area contributed by atoms with E-state index >= 15 is 0 Å². The summed E-state index contributed by atoms with van der Waals surface area (Å²) in [6, 6.07) is 15.6. The Balaban J connectivity index is 2.00. The van der Waals surface area contributed by atoms with E-state index in [1.807, 2.05) is 36.4 Å². The highest BCUT2D eigenvalue weighted by molar-refractivity contribution is 7.84. The minimum absolute atomic E-state index is 0.552. The smallest absolute Gasteiger partial charge is 0.119 e. The molecule has 2 rings (SSSR count). The van der Waals surface area contributed by atoms with E-state index in [2.05, 4.69) is 19.1 Å². The van der Waals surface area contributed by atoms with E-state index in [4.69, 9.17) is 4.74 Å². The first-order valence-electron chi connectivity index (χ1n) is 5.77. The van der Waals surface area contributed by atoms with Gasteiger partial charge in [-0.05, 0) is 36.8 Å². The Morgan fingerprint density at radius 3 is 2.44 bits per heavy atom. The summed E-state index contributed by atoms with van der Waals surface area (Å²) >= 11 is 0. The second-order valence-corrected chi connectivity index (χ2v) is 5.58. The lowest BCUT2D eigenvalue weighted by molar-refractivity contribution is 0.306. The molecule has 2 aromatic carbocycles. The van der Waals surface area contributed by atoms with E-state index in [-0.39, 0.29) is 0 Å². The van der Waals surface area contributed by atoms with Gasteiger partial charge >= 0.3 is 0 Å². The number of ether oxygens (including phenoxy) is 1. The zero-order chi connectivity index (χ0) is 13.0. The molecule has 3 heteroatoms. The topological polar surface area (TPSA) is 26.3 Å². The summed E-state index contributed by atoms with van der Waals surface area (Å²) in [6.07, 6.45) is 1.67. The molecule has 0 bridgehead atoms. The second-order valence-electron chi connectivity index (χ2n) is 4.20. The highest BCUT2D eigenvalue weighted by atomic mass is 32.2. The molecule has 0 aliphatic heterocycles. The van der Waals surface area contributed by atoms with Crippen LogP contribution in [0.1, 0.15) is 11.1 Å².